The molecule has 1 aliphatic carbocycles. The molecule has 3 rings (SSSR count). The Morgan fingerprint density at radius 1 is 1.08 bits per heavy atom. The van der Waals surface area contributed by atoms with Crippen molar-refractivity contribution >= 4 is 5.91 Å². The number of benzene rings is 2. The first kappa shape index (κ1) is 17.5. The van der Waals surface area contributed by atoms with Crippen LogP contribution in [0.1, 0.15) is 25.7 Å². The molecule has 132 valence electrons. The molecule has 1 aliphatic rings. The maximum absolute atomic E-state index is 12.2. The van der Waals surface area contributed by atoms with Crippen LogP contribution in [0.2, 0.25) is 0 Å². The average molecular weight is 338 g/mol. The number of carbonyl (C=O) groups excluding carboxylic acids is 1. The zero-order chi connectivity index (χ0) is 17.5. The Balaban J connectivity index is 1.50. The third-order valence-corrected chi connectivity index (χ3v) is 4.72. The van der Waals surface area contributed by atoms with Gasteiger partial charge in [-0.15, -0.1) is 0 Å². The van der Waals surface area contributed by atoms with Gasteiger partial charge in [0.2, 0.25) is 5.91 Å². The maximum atomic E-state index is 12.2. The van der Waals surface area contributed by atoms with E-state index in [1.165, 1.54) is 0 Å². The van der Waals surface area contributed by atoms with Gasteiger partial charge in [-0.3, -0.25) is 4.79 Å². The molecule has 25 heavy (non-hydrogen) atoms. The van der Waals surface area contributed by atoms with Gasteiger partial charge in [-0.2, -0.15) is 0 Å². The number of amides is 1. The summed E-state index contributed by atoms with van der Waals surface area (Å²) in [6.45, 7) is 0.960. The highest BCUT2D eigenvalue weighted by Gasteiger charge is 2.24. The summed E-state index contributed by atoms with van der Waals surface area (Å²) >= 11 is 0. The molecule has 0 aromatic heterocycles. The van der Waals surface area contributed by atoms with Gasteiger partial charge in [0, 0.05) is 17.5 Å². The smallest absolute Gasteiger partial charge is 0.223 e. The van der Waals surface area contributed by atoms with Crippen LogP contribution >= 0.6 is 0 Å². The second kappa shape index (κ2) is 8.67. The minimum atomic E-state index is 0.0559. The molecule has 2 aromatic rings. The molecule has 1 saturated carbocycles. The van der Waals surface area contributed by atoms with Crippen molar-refractivity contribution in [2.24, 2.45) is 11.7 Å². The standard InChI is InChI=1S/C21H26N2O2/c22-18-10-6-9-17(15-18)21(24)23-13-14-25-20-12-5-4-11-19(20)16-7-2-1-3-8-16/h1-5,7-8,11-12,17-18H,6,9-10,13-15,22H2,(H,23,24). The number of hydrogen-bond acceptors (Lipinski definition) is 3. The van der Waals surface area contributed by atoms with Crippen LogP contribution in [0.15, 0.2) is 54.6 Å². The van der Waals surface area contributed by atoms with E-state index in [-0.39, 0.29) is 17.9 Å². The van der Waals surface area contributed by atoms with Crippen LogP contribution in [0.25, 0.3) is 11.1 Å². The zero-order valence-electron chi connectivity index (χ0n) is 14.5. The van der Waals surface area contributed by atoms with Crippen molar-refractivity contribution in [2.45, 2.75) is 31.7 Å². The lowest BCUT2D eigenvalue weighted by Crippen LogP contribution is -2.39. The monoisotopic (exact) mass is 338 g/mol. The van der Waals surface area contributed by atoms with Crippen LogP contribution in [0, 0.1) is 5.92 Å². The van der Waals surface area contributed by atoms with Crippen LogP contribution in [-0.2, 0) is 4.79 Å². The van der Waals surface area contributed by atoms with Crippen LogP contribution in [0.3, 0.4) is 0 Å². The molecular formula is C21H26N2O2. The number of carbonyl (C=O) groups is 1. The number of nitrogens with one attached hydrogen (secondary N) is 1. The first-order valence-corrected chi connectivity index (χ1v) is 9.04. The summed E-state index contributed by atoms with van der Waals surface area (Å²) in [5, 5.41) is 2.98. The molecule has 0 saturated heterocycles. The van der Waals surface area contributed by atoms with Crippen molar-refractivity contribution < 1.29 is 9.53 Å². The number of ether oxygens (including phenoxy) is 1. The summed E-state index contributed by atoms with van der Waals surface area (Å²) in [6.07, 6.45) is 3.81. The van der Waals surface area contributed by atoms with Gasteiger partial charge in [0.05, 0.1) is 6.54 Å². The highest BCUT2D eigenvalue weighted by molar-refractivity contribution is 5.78. The van der Waals surface area contributed by atoms with E-state index in [1.807, 2.05) is 42.5 Å². The van der Waals surface area contributed by atoms with E-state index in [1.54, 1.807) is 0 Å². The lowest BCUT2D eigenvalue weighted by Gasteiger charge is -2.25. The molecule has 4 heteroatoms. The summed E-state index contributed by atoms with van der Waals surface area (Å²) in [4.78, 5) is 12.2. The zero-order valence-corrected chi connectivity index (χ0v) is 14.5. The summed E-state index contributed by atoms with van der Waals surface area (Å²) in [7, 11) is 0. The molecule has 2 unspecified atom stereocenters. The molecule has 0 radical (unpaired) electrons. The third-order valence-electron chi connectivity index (χ3n) is 4.72. The second-order valence-electron chi connectivity index (χ2n) is 6.63. The van der Waals surface area contributed by atoms with E-state index < -0.39 is 0 Å². The Hall–Kier alpha value is -2.33. The predicted octanol–water partition coefficient (Wildman–Crippen LogP) is 3.37. The van der Waals surface area contributed by atoms with Gasteiger partial charge in [-0.1, -0.05) is 55.0 Å². The van der Waals surface area contributed by atoms with Gasteiger partial charge < -0.3 is 15.8 Å². The molecule has 2 aromatic carbocycles. The van der Waals surface area contributed by atoms with Gasteiger partial charge in [0.1, 0.15) is 12.4 Å². The van der Waals surface area contributed by atoms with E-state index in [0.717, 1.165) is 42.6 Å². The Bertz CT molecular complexity index is 687. The van der Waals surface area contributed by atoms with Gasteiger partial charge >= 0.3 is 0 Å². The lowest BCUT2D eigenvalue weighted by molar-refractivity contribution is -0.126. The molecule has 0 spiro atoms. The lowest BCUT2D eigenvalue weighted by atomic mass is 9.85. The normalized spacial score (nSPS) is 20.0. The van der Waals surface area contributed by atoms with Crippen molar-refractivity contribution in [2.75, 3.05) is 13.2 Å². The highest BCUT2D eigenvalue weighted by Crippen LogP contribution is 2.29. The Kier molecular flexibility index (Phi) is 6.07. The molecule has 3 N–H and O–H groups in total. The first-order valence-electron chi connectivity index (χ1n) is 9.04. The largest absolute Gasteiger partial charge is 0.491 e. The van der Waals surface area contributed by atoms with Gasteiger partial charge in [0.25, 0.3) is 0 Å². The van der Waals surface area contributed by atoms with Crippen molar-refractivity contribution in [3.8, 4) is 16.9 Å². The number of rotatable bonds is 6. The number of nitrogens with two attached hydrogens (primary N) is 1. The Labute approximate surface area is 149 Å². The maximum Gasteiger partial charge on any atom is 0.223 e. The van der Waals surface area contributed by atoms with Crippen LogP contribution in [-0.4, -0.2) is 25.1 Å². The van der Waals surface area contributed by atoms with Gasteiger partial charge in [0.15, 0.2) is 0 Å². The van der Waals surface area contributed by atoms with Crippen LogP contribution in [0.4, 0.5) is 0 Å². The van der Waals surface area contributed by atoms with Crippen molar-refractivity contribution in [1.82, 2.24) is 5.32 Å². The van der Waals surface area contributed by atoms with E-state index in [0.29, 0.717) is 13.2 Å². The second-order valence-corrected chi connectivity index (χ2v) is 6.63. The highest BCUT2D eigenvalue weighted by atomic mass is 16.5. The van der Waals surface area contributed by atoms with Gasteiger partial charge in [-0.05, 0) is 30.9 Å². The topological polar surface area (TPSA) is 64.4 Å². The molecule has 0 heterocycles. The molecule has 0 bridgehead atoms. The molecule has 1 amide bonds. The van der Waals surface area contributed by atoms with E-state index in [4.69, 9.17) is 10.5 Å². The molecule has 2 atom stereocenters. The number of para-hydroxylation sites is 1. The van der Waals surface area contributed by atoms with Crippen molar-refractivity contribution in [1.29, 1.82) is 0 Å². The fraction of sp³-hybridized carbons (Fsp3) is 0.381. The summed E-state index contributed by atoms with van der Waals surface area (Å²) in [5.41, 5.74) is 8.15. The summed E-state index contributed by atoms with van der Waals surface area (Å²) < 4.78 is 5.91. The third kappa shape index (κ3) is 4.83. The first-order chi connectivity index (χ1) is 12.2. The molecule has 1 fully saturated rings. The minimum Gasteiger partial charge on any atom is -0.491 e. The van der Waals surface area contributed by atoms with E-state index in [9.17, 15) is 4.79 Å². The SMILES string of the molecule is NC1CCCC(C(=O)NCCOc2ccccc2-c2ccccc2)C1. The molecule has 0 aliphatic heterocycles. The molecular weight excluding hydrogens is 312 g/mol. The van der Waals surface area contributed by atoms with Crippen molar-refractivity contribution in [3.05, 3.63) is 54.6 Å². The van der Waals surface area contributed by atoms with Gasteiger partial charge in [-0.25, -0.2) is 0 Å². The molecule has 4 nitrogen and oxygen atoms in total. The average Bonchev–Trinajstić information content (AvgIpc) is 2.66. The summed E-state index contributed by atoms with van der Waals surface area (Å²) in [5.74, 6) is 0.998. The quantitative estimate of drug-likeness (QED) is 0.794. The minimum absolute atomic E-state index is 0.0559. The Morgan fingerprint density at radius 2 is 1.84 bits per heavy atom. The van der Waals surface area contributed by atoms with E-state index in [2.05, 4.69) is 17.4 Å². The fourth-order valence-electron chi connectivity index (χ4n) is 3.39. The summed E-state index contributed by atoms with van der Waals surface area (Å²) in [6, 6.07) is 18.3. The van der Waals surface area contributed by atoms with Crippen LogP contribution < -0.4 is 15.8 Å². The predicted molar refractivity (Wildman–Crippen MR) is 100 cm³/mol. The van der Waals surface area contributed by atoms with E-state index >= 15 is 0 Å². The number of hydrogen-bond donors (Lipinski definition) is 2. The fourth-order valence-corrected chi connectivity index (χ4v) is 3.39. The Morgan fingerprint density at radius 3 is 2.64 bits per heavy atom. The van der Waals surface area contributed by atoms with Crippen LogP contribution in [0.5, 0.6) is 5.75 Å². The van der Waals surface area contributed by atoms with Crippen molar-refractivity contribution in [3.63, 3.8) is 0 Å².